The summed E-state index contributed by atoms with van der Waals surface area (Å²) in [7, 11) is 2.11. The molecule has 1 aromatic heterocycles. The smallest absolute Gasteiger partial charge is 0.150 e. The van der Waals surface area contributed by atoms with Gasteiger partial charge in [0.25, 0.3) is 0 Å². The van der Waals surface area contributed by atoms with E-state index in [1.807, 2.05) is 0 Å². The maximum absolute atomic E-state index is 12.2. The van der Waals surface area contributed by atoms with E-state index in [2.05, 4.69) is 41.3 Å². The molecule has 1 aromatic carbocycles. The number of hydrogen-bond donors (Lipinski definition) is 1. The maximum Gasteiger partial charge on any atom is 0.150 e. The van der Waals surface area contributed by atoms with Crippen molar-refractivity contribution in [2.24, 2.45) is 5.92 Å². The first-order valence-corrected chi connectivity index (χ1v) is 7.04. The molecule has 1 aliphatic heterocycles. The third-order valence-electron chi connectivity index (χ3n) is 5.63. The van der Waals surface area contributed by atoms with Crippen LogP contribution in [0.25, 0.3) is 10.9 Å². The molecule has 2 aliphatic carbocycles. The largest absolute Gasteiger partial charge is 0.361 e. The van der Waals surface area contributed by atoms with Gasteiger partial charge in [0, 0.05) is 34.5 Å². The first kappa shape index (κ1) is 10.2. The molecule has 3 aliphatic rings. The summed E-state index contributed by atoms with van der Waals surface area (Å²) in [5.41, 5.74) is 4.20. The molecule has 0 amide bonds. The third-order valence-corrected chi connectivity index (χ3v) is 5.63. The predicted molar refractivity (Wildman–Crippen MR) is 73.2 cm³/mol. The van der Waals surface area contributed by atoms with Gasteiger partial charge in [0.2, 0.25) is 0 Å². The molecule has 96 valence electrons. The Bertz CT molecular complexity index is 731. The number of H-pyrrole nitrogens is 1. The summed E-state index contributed by atoms with van der Waals surface area (Å²) in [5, 5.41) is 1.39. The van der Waals surface area contributed by atoms with Gasteiger partial charge in [0.1, 0.15) is 0 Å². The van der Waals surface area contributed by atoms with E-state index >= 15 is 0 Å². The number of aromatic nitrogens is 1. The minimum atomic E-state index is 0.124. The summed E-state index contributed by atoms with van der Waals surface area (Å²) in [4.78, 5) is 17.9. The summed E-state index contributed by atoms with van der Waals surface area (Å²) in [6, 6.07) is 7.02. The predicted octanol–water partition coefficient (Wildman–Crippen LogP) is 1.86. The van der Waals surface area contributed by atoms with E-state index in [1.54, 1.807) is 0 Å². The summed E-state index contributed by atoms with van der Waals surface area (Å²) in [6.07, 6.45) is 4.30. The number of nitrogens with zero attached hydrogens (tertiary/aromatic N) is 1. The molecule has 0 radical (unpaired) electrons. The maximum atomic E-state index is 12.2. The summed E-state index contributed by atoms with van der Waals surface area (Å²) in [5.74, 6) is 0.720. The molecule has 2 aromatic rings. The lowest BCUT2D eigenvalue weighted by Gasteiger charge is -2.42. The van der Waals surface area contributed by atoms with Gasteiger partial charge in [-0.05, 0) is 37.1 Å². The van der Waals surface area contributed by atoms with Crippen LogP contribution in [0, 0.1) is 5.92 Å². The van der Waals surface area contributed by atoms with Crippen molar-refractivity contribution in [3.8, 4) is 0 Å². The Balaban J connectivity index is 1.84. The van der Waals surface area contributed by atoms with E-state index in [1.165, 1.54) is 22.0 Å². The van der Waals surface area contributed by atoms with Crippen molar-refractivity contribution < 1.29 is 4.79 Å². The van der Waals surface area contributed by atoms with Crippen molar-refractivity contribution in [3.05, 3.63) is 35.5 Å². The molecule has 2 fully saturated rings. The topological polar surface area (TPSA) is 36.1 Å². The van der Waals surface area contributed by atoms with Gasteiger partial charge in [-0.1, -0.05) is 12.1 Å². The quantitative estimate of drug-likeness (QED) is 0.777. The highest BCUT2D eigenvalue weighted by Gasteiger charge is 2.67. The van der Waals surface area contributed by atoms with Gasteiger partial charge in [-0.25, -0.2) is 0 Å². The molecule has 1 saturated carbocycles. The molecule has 1 spiro atoms. The molecular formula is C16H16N2O. The van der Waals surface area contributed by atoms with Crippen molar-refractivity contribution >= 4 is 16.7 Å². The van der Waals surface area contributed by atoms with Crippen molar-refractivity contribution in [1.29, 1.82) is 0 Å². The molecule has 3 atom stereocenters. The zero-order chi connectivity index (χ0) is 12.8. The fraction of sp³-hybridized carbons (Fsp3) is 0.438. The Morgan fingerprint density at radius 3 is 3.21 bits per heavy atom. The van der Waals surface area contributed by atoms with Gasteiger partial charge in [0.05, 0.1) is 6.54 Å². The Hall–Kier alpha value is -1.61. The molecular weight excluding hydrogens is 236 g/mol. The van der Waals surface area contributed by atoms with Gasteiger partial charge < -0.3 is 4.98 Å². The summed E-state index contributed by atoms with van der Waals surface area (Å²) in [6.45, 7) is 0.632. The standard InChI is InChI=1S/C16H16N2O/c1-18-8-13(19)11-6-16(11)10-3-2-4-12-15(10)9(7-17-12)5-14(16)18/h2-4,7,11,14,17H,5-6,8H2,1H3. The minimum absolute atomic E-state index is 0.124. The first-order chi connectivity index (χ1) is 9.22. The SMILES string of the molecule is CN1CC(=O)C2CC23c2cccc4[nH]cc(c24)CC13. The van der Waals surface area contributed by atoms with Gasteiger partial charge in [-0.3, -0.25) is 9.69 Å². The first-order valence-electron chi connectivity index (χ1n) is 7.04. The van der Waals surface area contributed by atoms with E-state index in [0.29, 0.717) is 18.4 Å². The number of likely N-dealkylation sites (tertiary alicyclic amines) is 1. The molecule has 19 heavy (non-hydrogen) atoms. The Kier molecular flexibility index (Phi) is 1.58. The van der Waals surface area contributed by atoms with Crippen LogP contribution < -0.4 is 0 Å². The number of benzene rings is 1. The molecule has 3 heteroatoms. The average Bonchev–Trinajstić information content (AvgIpc) is 3.02. The van der Waals surface area contributed by atoms with Gasteiger partial charge >= 0.3 is 0 Å². The Labute approximate surface area is 111 Å². The number of piperidine rings is 1. The lowest BCUT2D eigenvalue weighted by Crippen LogP contribution is -2.52. The van der Waals surface area contributed by atoms with E-state index in [0.717, 1.165) is 12.8 Å². The fourth-order valence-corrected chi connectivity index (χ4v) is 4.74. The molecule has 3 nitrogen and oxygen atoms in total. The van der Waals surface area contributed by atoms with Crippen LogP contribution in [0.4, 0.5) is 0 Å². The number of carbonyl (C=O) groups excluding carboxylic acids is 1. The minimum Gasteiger partial charge on any atom is -0.361 e. The highest BCUT2D eigenvalue weighted by Crippen LogP contribution is 2.64. The number of hydrogen-bond acceptors (Lipinski definition) is 2. The van der Waals surface area contributed by atoms with Crippen LogP contribution in [-0.4, -0.2) is 35.3 Å². The number of carbonyl (C=O) groups is 1. The van der Waals surface area contributed by atoms with E-state index in [4.69, 9.17) is 0 Å². The van der Waals surface area contributed by atoms with Crippen molar-refractivity contribution in [2.45, 2.75) is 24.3 Å². The molecule has 0 bridgehead atoms. The second kappa shape index (κ2) is 2.93. The van der Waals surface area contributed by atoms with Crippen molar-refractivity contribution in [3.63, 3.8) is 0 Å². The second-order valence-corrected chi connectivity index (χ2v) is 6.44. The number of Topliss-reactive ketones (excluding diaryl/α,β-unsaturated/α-hetero) is 1. The van der Waals surface area contributed by atoms with Crippen LogP contribution >= 0.6 is 0 Å². The van der Waals surface area contributed by atoms with Gasteiger partial charge in [-0.15, -0.1) is 0 Å². The average molecular weight is 252 g/mol. The number of nitrogens with one attached hydrogen (secondary N) is 1. The third kappa shape index (κ3) is 0.995. The van der Waals surface area contributed by atoms with Crippen molar-refractivity contribution in [1.82, 2.24) is 9.88 Å². The highest BCUT2D eigenvalue weighted by molar-refractivity contribution is 5.95. The van der Waals surface area contributed by atoms with Crippen LogP contribution in [0.5, 0.6) is 0 Å². The van der Waals surface area contributed by atoms with Gasteiger partial charge in [-0.2, -0.15) is 0 Å². The van der Waals surface area contributed by atoms with Crippen LogP contribution in [0.1, 0.15) is 17.5 Å². The monoisotopic (exact) mass is 252 g/mol. The van der Waals surface area contributed by atoms with Crippen LogP contribution in [0.15, 0.2) is 24.4 Å². The molecule has 3 unspecified atom stereocenters. The Morgan fingerprint density at radius 1 is 1.42 bits per heavy atom. The zero-order valence-electron chi connectivity index (χ0n) is 10.9. The van der Waals surface area contributed by atoms with E-state index < -0.39 is 0 Å². The number of rotatable bonds is 0. The van der Waals surface area contributed by atoms with E-state index in [9.17, 15) is 4.79 Å². The fourth-order valence-electron chi connectivity index (χ4n) is 4.74. The molecule has 1 N–H and O–H groups in total. The molecule has 5 rings (SSSR count). The molecule has 1 saturated heterocycles. The van der Waals surface area contributed by atoms with Gasteiger partial charge in [0.15, 0.2) is 5.78 Å². The second-order valence-electron chi connectivity index (χ2n) is 6.44. The summed E-state index contributed by atoms with van der Waals surface area (Å²) >= 11 is 0. The zero-order valence-corrected chi connectivity index (χ0v) is 10.9. The normalized spacial score (nSPS) is 36.2. The summed E-state index contributed by atoms with van der Waals surface area (Å²) < 4.78 is 0. The van der Waals surface area contributed by atoms with Crippen LogP contribution in [-0.2, 0) is 16.6 Å². The number of aromatic amines is 1. The Morgan fingerprint density at radius 2 is 2.32 bits per heavy atom. The van der Waals surface area contributed by atoms with E-state index in [-0.39, 0.29) is 11.3 Å². The van der Waals surface area contributed by atoms with Crippen LogP contribution in [0.2, 0.25) is 0 Å². The highest BCUT2D eigenvalue weighted by atomic mass is 16.1. The number of likely N-dealkylation sites (N-methyl/N-ethyl adjacent to an activating group) is 1. The number of ketones is 1. The van der Waals surface area contributed by atoms with Crippen molar-refractivity contribution in [2.75, 3.05) is 13.6 Å². The lowest BCUT2D eigenvalue weighted by atomic mass is 9.73. The van der Waals surface area contributed by atoms with Crippen LogP contribution in [0.3, 0.4) is 0 Å². The molecule has 2 heterocycles. The lowest BCUT2D eigenvalue weighted by molar-refractivity contribution is -0.124.